The van der Waals surface area contributed by atoms with Gasteiger partial charge in [-0.05, 0) is 50.6 Å². The molecular weight excluding hydrogens is 885 g/mol. The second-order valence-electron chi connectivity index (χ2n) is 16.2. The lowest BCUT2D eigenvalue weighted by Gasteiger charge is -2.26. The van der Waals surface area contributed by atoms with Crippen molar-refractivity contribution in [3.05, 3.63) is 35.9 Å². The number of nitrogens with two attached hydrogens (primary N) is 2. The molecule has 24 nitrogen and oxygen atoms in total. The van der Waals surface area contributed by atoms with Crippen molar-refractivity contribution in [3.8, 4) is 0 Å². The van der Waals surface area contributed by atoms with E-state index in [4.69, 9.17) is 11.5 Å². The Kier molecular flexibility index (Phi) is 25.7. The molecule has 8 amide bonds. The fourth-order valence-corrected chi connectivity index (χ4v) is 6.76. The number of carboxylic acid groups (broad SMARTS) is 1. The number of nitrogens with one attached hydrogen (secondary N) is 10. The van der Waals surface area contributed by atoms with Crippen LogP contribution < -0.4 is 64.6 Å². The van der Waals surface area contributed by atoms with Gasteiger partial charge in [-0.2, -0.15) is 12.6 Å². The van der Waals surface area contributed by atoms with E-state index in [2.05, 4.69) is 65.8 Å². The van der Waals surface area contributed by atoms with Gasteiger partial charge in [0.25, 0.3) is 0 Å². The van der Waals surface area contributed by atoms with E-state index in [-0.39, 0.29) is 37.0 Å². The van der Waals surface area contributed by atoms with Gasteiger partial charge in [-0.3, -0.25) is 38.4 Å². The highest BCUT2D eigenvalue weighted by atomic mass is 32.1. The number of carboxylic acids is 1. The summed E-state index contributed by atoms with van der Waals surface area (Å²) >= 11 is 4.11. The molecular formula is C41H68N12O12S. The molecule has 1 unspecified atom stereocenters. The van der Waals surface area contributed by atoms with Crippen molar-refractivity contribution in [2.24, 2.45) is 17.4 Å². The molecule has 2 rings (SSSR count). The maximum Gasteiger partial charge on any atom is 0.326 e. The van der Waals surface area contributed by atoms with Crippen LogP contribution in [0.2, 0.25) is 0 Å². The highest BCUT2D eigenvalue weighted by Crippen LogP contribution is 2.09. The van der Waals surface area contributed by atoms with Gasteiger partial charge >= 0.3 is 5.97 Å². The highest BCUT2D eigenvalue weighted by molar-refractivity contribution is 7.80. The number of carbonyl (C=O) groups is 9. The molecule has 9 atom stereocenters. The van der Waals surface area contributed by atoms with Crippen LogP contribution in [-0.2, 0) is 49.6 Å². The number of benzene rings is 1. The maximum absolute atomic E-state index is 13.4. The van der Waals surface area contributed by atoms with Crippen LogP contribution in [0.5, 0.6) is 0 Å². The van der Waals surface area contributed by atoms with E-state index >= 15 is 0 Å². The van der Waals surface area contributed by atoms with Gasteiger partial charge in [0.1, 0.15) is 42.3 Å². The molecule has 66 heavy (non-hydrogen) atoms. The molecule has 370 valence electrons. The quantitative estimate of drug-likeness (QED) is 0.0252. The largest absolute Gasteiger partial charge is 0.480 e. The number of unbranched alkanes of at least 4 members (excludes halogenated alkanes) is 1. The van der Waals surface area contributed by atoms with E-state index in [9.17, 15) is 58.5 Å². The average Bonchev–Trinajstić information content (AvgIpc) is 3.80. The minimum atomic E-state index is -1.67. The topological polar surface area (TPSA) is 387 Å². The number of aliphatic hydroxyl groups is 2. The molecule has 0 aliphatic carbocycles. The van der Waals surface area contributed by atoms with Crippen LogP contribution in [0, 0.1) is 5.92 Å². The molecule has 1 fully saturated rings. The zero-order chi connectivity index (χ0) is 49.3. The lowest BCUT2D eigenvalue weighted by Crippen LogP contribution is -2.60. The Bertz CT molecular complexity index is 1770. The molecule has 0 spiro atoms. The predicted molar refractivity (Wildman–Crippen MR) is 243 cm³/mol. The Balaban J connectivity index is 1.99. The zero-order valence-electron chi connectivity index (χ0n) is 37.5. The van der Waals surface area contributed by atoms with Gasteiger partial charge in [-0.1, -0.05) is 50.6 Å². The predicted octanol–water partition coefficient (Wildman–Crippen LogP) is -5.83. The van der Waals surface area contributed by atoms with Crippen molar-refractivity contribution in [2.75, 3.05) is 45.3 Å². The lowest BCUT2D eigenvalue weighted by atomic mass is 10.0. The molecule has 0 saturated carbocycles. The molecule has 25 heteroatoms. The van der Waals surface area contributed by atoms with E-state index in [0.29, 0.717) is 44.6 Å². The average molecular weight is 953 g/mol. The Morgan fingerprint density at radius 2 is 1.27 bits per heavy atom. The third kappa shape index (κ3) is 20.4. The molecule has 1 aromatic carbocycles. The fraction of sp³-hybridized carbons (Fsp3) is 0.634. The van der Waals surface area contributed by atoms with Crippen LogP contribution >= 0.6 is 12.6 Å². The van der Waals surface area contributed by atoms with Gasteiger partial charge in [0.15, 0.2) is 0 Å². The first-order chi connectivity index (χ1) is 31.3. The summed E-state index contributed by atoms with van der Waals surface area (Å²) in [5.74, 6) is -8.47. The van der Waals surface area contributed by atoms with Crippen LogP contribution in [0.3, 0.4) is 0 Å². The molecule has 0 radical (unpaired) electrons. The van der Waals surface area contributed by atoms with E-state index in [1.165, 1.54) is 6.92 Å². The van der Waals surface area contributed by atoms with Crippen LogP contribution in [0.15, 0.2) is 30.3 Å². The van der Waals surface area contributed by atoms with E-state index < -0.39 is 121 Å². The van der Waals surface area contributed by atoms with Crippen molar-refractivity contribution < 1.29 is 58.5 Å². The SMILES string of the molecule is CC(C)C[C@H](NC(=O)[C@H](Cc1ccccc1)NC(=O)[C@H](C)NC(=O)[C@H](CS)NC(=O)CNC(=O)[C@H](CO)NC(=O)[C@H](CO)NC(=O)[C@H](CC1CNCN1)NC(=O)[C@@H](N)CCCCN)C(=O)O. The molecule has 1 heterocycles. The van der Waals surface area contributed by atoms with Gasteiger partial charge in [-0.15, -0.1) is 0 Å². The van der Waals surface area contributed by atoms with Gasteiger partial charge in [0, 0.05) is 31.4 Å². The Morgan fingerprint density at radius 1 is 0.712 bits per heavy atom. The van der Waals surface area contributed by atoms with E-state index in [1.54, 1.807) is 44.2 Å². The summed E-state index contributed by atoms with van der Waals surface area (Å²) in [6.07, 6.45) is 1.79. The summed E-state index contributed by atoms with van der Waals surface area (Å²) in [6, 6.07) is -2.06. The summed E-state index contributed by atoms with van der Waals surface area (Å²) in [5, 5.41) is 54.9. The van der Waals surface area contributed by atoms with E-state index in [1.807, 2.05) is 0 Å². The molecule has 1 aromatic rings. The Morgan fingerprint density at radius 3 is 1.83 bits per heavy atom. The maximum atomic E-state index is 13.4. The molecule has 17 N–H and O–H groups in total. The number of aliphatic carboxylic acids is 1. The fourth-order valence-electron chi connectivity index (χ4n) is 6.50. The van der Waals surface area contributed by atoms with Crippen LogP contribution in [0.4, 0.5) is 0 Å². The van der Waals surface area contributed by atoms with E-state index in [0.717, 1.165) is 0 Å². The number of thiol groups is 1. The first-order valence-corrected chi connectivity index (χ1v) is 22.3. The third-order valence-electron chi connectivity index (χ3n) is 10.2. The smallest absolute Gasteiger partial charge is 0.326 e. The van der Waals surface area contributed by atoms with Crippen LogP contribution in [0.1, 0.15) is 58.4 Å². The van der Waals surface area contributed by atoms with Crippen molar-refractivity contribution in [3.63, 3.8) is 0 Å². The van der Waals surface area contributed by atoms with Gasteiger partial charge in [-0.25, -0.2) is 4.79 Å². The number of aliphatic hydroxyl groups excluding tert-OH is 2. The summed E-state index contributed by atoms with van der Waals surface area (Å²) in [6.45, 7) is 3.60. The highest BCUT2D eigenvalue weighted by Gasteiger charge is 2.33. The first kappa shape index (κ1) is 56.7. The minimum Gasteiger partial charge on any atom is -0.480 e. The monoisotopic (exact) mass is 952 g/mol. The third-order valence-corrected chi connectivity index (χ3v) is 10.6. The van der Waals surface area contributed by atoms with Crippen molar-refractivity contribution in [2.45, 2.75) is 114 Å². The van der Waals surface area contributed by atoms with Crippen LogP contribution in [-0.4, -0.2) is 168 Å². The van der Waals surface area contributed by atoms with Crippen LogP contribution in [0.25, 0.3) is 0 Å². The number of rotatable bonds is 30. The number of hydrogen-bond donors (Lipinski definition) is 16. The second kappa shape index (κ2) is 30.0. The standard InChI is InChI=1S/C41H68N12O12S/c1-22(2)13-29(41(64)65)51-37(60)27(14-24-9-5-4-6-10-24)49-34(57)23(3)47-40(63)32(20-66)48-33(56)17-45-36(59)30(18-54)52-39(62)31(19-55)53-38(61)28(15-25-16-44-21-46-25)50-35(58)26(43)11-7-8-12-42/h4-6,9-10,22-23,25-32,44,46,54-55,66H,7-8,11-21,42-43H2,1-3H3,(H,45,59)(H,47,63)(H,48,56)(H,49,57)(H,50,58)(H,51,60)(H,52,62)(H,53,61)(H,64,65)/t23-,25?,26-,27-,28-,29-,30-,31-,32-/m0/s1. The number of hydrogen-bond acceptors (Lipinski definition) is 16. The lowest BCUT2D eigenvalue weighted by molar-refractivity contribution is -0.142. The van der Waals surface area contributed by atoms with Gasteiger partial charge in [0.05, 0.1) is 25.8 Å². The molecule has 1 saturated heterocycles. The molecule has 1 aliphatic rings. The number of carbonyl (C=O) groups excluding carboxylic acids is 8. The summed E-state index contributed by atoms with van der Waals surface area (Å²) < 4.78 is 0. The van der Waals surface area contributed by atoms with Gasteiger partial charge in [0.2, 0.25) is 47.3 Å². The zero-order valence-corrected chi connectivity index (χ0v) is 38.4. The van der Waals surface area contributed by atoms with Crippen molar-refractivity contribution in [1.82, 2.24) is 53.2 Å². The second-order valence-corrected chi connectivity index (χ2v) is 16.6. The Labute approximate surface area is 388 Å². The Hall–Kier alpha value is -5.44. The number of amides is 8. The molecule has 0 bridgehead atoms. The summed E-state index contributed by atoms with van der Waals surface area (Å²) in [5.41, 5.74) is 12.2. The van der Waals surface area contributed by atoms with Crippen molar-refractivity contribution in [1.29, 1.82) is 0 Å². The summed E-state index contributed by atoms with van der Waals surface area (Å²) in [4.78, 5) is 117. The van der Waals surface area contributed by atoms with Gasteiger partial charge < -0.3 is 80.0 Å². The molecule has 1 aliphatic heterocycles. The summed E-state index contributed by atoms with van der Waals surface area (Å²) in [7, 11) is 0. The van der Waals surface area contributed by atoms with Crippen molar-refractivity contribution >= 4 is 65.9 Å². The molecule has 0 aromatic heterocycles. The minimum absolute atomic E-state index is 0.00172. The normalized spacial score (nSPS) is 17.0. The first-order valence-electron chi connectivity index (χ1n) is 21.7.